The van der Waals surface area contributed by atoms with E-state index < -0.39 is 17.7 Å². The average Bonchev–Trinajstić information content (AvgIpc) is 3.82. The van der Waals surface area contributed by atoms with Crippen LogP contribution in [0.25, 0.3) is 22.2 Å². The minimum atomic E-state index is -0.956. The van der Waals surface area contributed by atoms with Crippen LogP contribution in [0.15, 0.2) is 95.0 Å². The number of carbonyl (C=O) groups excluding carboxylic acids is 2. The summed E-state index contributed by atoms with van der Waals surface area (Å²) in [5, 5.41) is 23.3. The second kappa shape index (κ2) is 14.5. The van der Waals surface area contributed by atoms with Crippen molar-refractivity contribution >= 4 is 62.1 Å². The van der Waals surface area contributed by atoms with Crippen LogP contribution in [-0.2, 0) is 15.3 Å². The highest BCUT2D eigenvalue weighted by Gasteiger charge is 2.49. The molecule has 1 unspecified atom stereocenters. The van der Waals surface area contributed by atoms with Crippen molar-refractivity contribution in [2.45, 2.75) is 62.6 Å². The van der Waals surface area contributed by atoms with Crippen LogP contribution < -0.4 is 9.64 Å². The summed E-state index contributed by atoms with van der Waals surface area (Å²) < 4.78 is 8.50. The van der Waals surface area contributed by atoms with Crippen molar-refractivity contribution in [1.82, 2.24) is 19.6 Å². The molecule has 0 spiro atoms. The number of ketones is 1. The molecule has 7 rings (SSSR count). The summed E-state index contributed by atoms with van der Waals surface area (Å²) in [6, 6.07) is 24.7. The molecule has 0 aliphatic carbocycles. The number of hydrogen-bond donors (Lipinski definition) is 1. The predicted octanol–water partition coefficient (Wildman–Crippen LogP) is 8.83. The molecule has 1 atom stereocenters. The molecule has 50 heavy (non-hydrogen) atoms. The van der Waals surface area contributed by atoms with Crippen LogP contribution >= 0.6 is 23.1 Å². The molecular formula is C39H37N5O4S2. The Bertz CT molecular complexity index is 2240. The molecule has 1 N–H and O–H groups in total. The minimum absolute atomic E-state index is 0.0486. The molecule has 9 nitrogen and oxygen atoms in total. The summed E-state index contributed by atoms with van der Waals surface area (Å²) in [4.78, 5) is 33.9. The fraction of sp³-hybridized carbons (Fsp3) is 0.256. The van der Waals surface area contributed by atoms with Gasteiger partial charge in [-0.3, -0.25) is 14.5 Å². The van der Waals surface area contributed by atoms with E-state index in [0.29, 0.717) is 39.4 Å². The normalized spacial score (nSPS) is 15.8. The van der Waals surface area contributed by atoms with Gasteiger partial charge < -0.3 is 14.2 Å². The summed E-state index contributed by atoms with van der Waals surface area (Å²) in [6.45, 7) is 6.54. The summed E-state index contributed by atoms with van der Waals surface area (Å²) in [5.41, 5.74) is 4.22. The molecule has 1 fully saturated rings. The maximum atomic E-state index is 13.9. The van der Waals surface area contributed by atoms with E-state index in [1.54, 1.807) is 0 Å². The summed E-state index contributed by atoms with van der Waals surface area (Å²) in [6.07, 6.45) is 6.25. The SMILES string of the molecule is CCCCCCOc1ccc(C2/C(=C(\O)c3nc4c(C)cccn4c3C)C(=O)C(=O)N2c2nnc(SCc3cccc4ccccc34)s2)cc1. The zero-order chi connectivity index (χ0) is 34.8. The van der Waals surface area contributed by atoms with Gasteiger partial charge >= 0.3 is 5.91 Å². The van der Waals surface area contributed by atoms with Crippen LogP contribution in [0.5, 0.6) is 5.75 Å². The Morgan fingerprint density at radius 2 is 1.74 bits per heavy atom. The lowest BCUT2D eigenvalue weighted by atomic mass is 9.96. The number of fused-ring (bicyclic) bond motifs is 2. The van der Waals surface area contributed by atoms with Gasteiger partial charge in [0.15, 0.2) is 10.1 Å². The van der Waals surface area contributed by atoms with E-state index in [2.05, 4.69) is 41.4 Å². The number of unbranched alkanes of at least 4 members (excludes halogenated alkanes) is 3. The fourth-order valence-electron chi connectivity index (χ4n) is 6.40. The maximum Gasteiger partial charge on any atom is 0.301 e. The summed E-state index contributed by atoms with van der Waals surface area (Å²) in [7, 11) is 0. The van der Waals surface area contributed by atoms with Crippen molar-refractivity contribution in [2.24, 2.45) is 0 Å². The Balaban J connectivity index is 1.24. The van der Waals surface area contributed by atoms with Gasteiger partial charge in [0.25, 0.3) is 5.78 Å². The van der Waals surface area contributed by atoms with E-state index in [0.717, 1.165) is 35.8 Å². The lowest BCUT2D eigenvalue weighted by molar-refractivity contribution is -0.132. The topological polar surface area (TPSA) is 110 Å². The number of hydrogen-bond acceptors (Lipinski definition) is 9. The number of aryl methyl sites for hydroxylation is 2. The zero-order valence-corrected chi connectivity index (χ0v) is 29.8. The van der Waals surface area contributed by atoms with Crippen LogP contribution in [0, 0.1) is 13.8 Å². The third kappa shape index (κ3) is 6.38. The molecule has 6 aromatic rings. The van der Waals surface area contributed by atoms with Crippen LogP contribution in [0.1, 0.15) is 66.7 Å². The molecule has 1 aliphatic heterocycles. The monoisotopic (exact) mass is 703 g/mol. The molecule has 11 heteroatoms. The first-order chi connectivity index (χ1) is 24.4. The highest BCUT2D eigenvalue weighted by molar-refractivity contribution is 8.00. The van der Waals surface area contributed by atoms with E-state index in [-0.39, 0.29) is 22.2 Å². The van der Waals surface area contributed by atoms with Crippen LogP contribution in [0.4, 0.5) is 5.13 Å². The molecule has 4 heterocycles. The van der Waals surface area contributed by atoms with Crippen molar-refractivity contribution in [1.29, 1.82) is 0 Å². The van der Waals surface area contributed by atoms with Crippen LogP contribution in [0.2, 0.25) is 0 Å². The second-order valence-corrected chi connectivity index (χ2v) is 14.5. The third-order valence-electron chi connectivity index (χ3n) is 9.05. The lowest BCUT2D eigenvalue weighted by Gasteiger charge is -2.22. The van der Waals surface area contributed by atoms with Crippen LogP contribution in [0.3, 0.4) is 0 Å². The Hall–Kier alpha value is -5.00. The van der Waals surface area contributed by atoms with Crippen LogP contribution in [-0.4, -0.2) is 43.0 Å². The van der Waals surface area contributed by atoms with Gasteiger partial charge in [-0.1, -0.05) is 110 Å². The first kappa shape index (κ1) is 33.5. The molecule has 0 bridgehead atoms. The number of aromatic nitrogens is 4. The van der Waals surface area contributed by atoms with E-state index >= 15 is 0 Å². The number of aliphatic hydroxyl groups excluding tert-OH is 1. The molecule has 1 aliphatic rings. The quantitative estimate of drug-likeness (QED) is 0.0336. The molecule has 1 saturated heterocycles. The Labute approximate surface area is 298 Å². The predicted molar refractivity (Wildman–Crippen MR) is 199 cm³/mol. The van der Waals surface area contributed by atoms with Gasteiger partial charge in [-0.15, -0.1) is 10.2 Å². The number of anilines is 1. The number of rotatable bonds is 12. The van der Waals surface area contributed by atoms with Gasteiger partial charge in [-0.25, -0.2) is 4.98 Å². The molecule has 254 valence electrons. The standard InChI is InChI=1S/C39H37N5O4S2/c1-4-5-6-9-22-48-29-19-17-27(18-20-29)33-31(34(45)32-25(3)43-21-11-12-24(2)36(43)40-32)35(46)37(47)44(33)38-41-42-39(50-38)49-23-28-15-10-14-26-13-7-8-16-30(26)28/h7-8,10-21,33,45H,4-6,9,22-23H2,1-3H3/b34-31+. The number of aliphatic hydroxyl groups is 1. The fourth-order valence-corrected chi connectivity index (χ4v) is 8.27. The summed E-state index contributed by atoms with van der Waals surface area (Å²) in [5.74, 6) is -0.575. The number of carbonyl (C=O) groups is 2. The Morgan fingerprint density at radius 1 is 0.940 bits per heavy atom. The number of pyridine rings is 1. The van der Waals surface area contributed by atoms with Crippen molar-refractivity contribution < 1.29 is 19.4 Å². The van der Waals surface area contributed by atoms with Gasteiger partial charge in [-0.05, 0) is 65.9 Å². The largest absolute Gasteiger partial charge is 0.505 e. The lowest BCUT2D eigenvalue weighted by Crippen LogP contribution is -2.29. The van der Waals surface area contributed by atoms with E-state index in [4.69, 9.17) is 9.72 Å². The molecule has 0 radical (unpaired) electrons. The molecule has 0 saturated carbocycles. The van der Waals surface area contributed by atoms with Gasteiger partial charge in [0.2, 0.25) is 5.13 Å². The van der Waals surface area contributed by atoms with E-state index in [1.807, 2.05) is 79.0 Å². The van der Waals surface area contributed by atoms with Gasteiger partial charge in [-0.2, -0.15) is 0 Å². The number of thioether (sulfide) groups is 1. The molecule has 3 aromatic heterocycles. The van der Waals surface area contributed by atoms with Gasteiger partial charge in [0.1, 0.15) is 17.1 Å². The average molecular weight is 704 g/mol. The first-order valence-electron chi connectivity index (χ1n) is 16.8. The molecular weight excluding hydrogens is 667 g/mol. The minimum Gasteiger partial charge on any atom is -0.505 e. The number of imidazole rings is 1. The Morgan fingerprint density at radius 3 is 2.54 bits per heavy atom. The van der Waals surface area contributed by atoms with Crippen molar-refractivity contribution in [3.63, 3.8) is 0 Å². The number of Topliss-reactive ketones (excluding diaryl/α,β-unsaturated/α-hetero) is 1. The van der Waals surface area contributed by atoms with Gasteiger partial charge in [0, 0.05) is 11.9 Å². The first-order valence-corrected chi connectivity index (χ1v) is 18.6. The number of amides is 1. The van der Waals surface area contributed by atoms with Gasteiger partial charge in [0.05, 0.1) is 23.9 Å². The smallest absolute Gasteiger partial charge is 0.301 e. The Kier molecular flexibility index (Phi) is 9.69. The zero-order valence-electron chi connectivity index (χ0n) is 28.1. The number of nitrogens with zero attached hydrogens (tertiary/aromatic N) is 5. The third-order valence-corrected chi connectivity index (χ3v) is 11.2. The highest BCUT2D eigenvalue weighted by Crippen LogP contribution is 2.44. The number of benzene rings is 3. The second-order valence-electron chi connectivity index (χ2n) is 12.4. The van der Waals surface area contributed by atoms with Crippen molar-refractivity contribution in [3.8, 4) is 5.75 Å². The number of ether oxygens (including phenoxy) is 1. The molecule has 1 amide bonds. The van der Waals surface area contributed by atoms with E-state index in [9.17, 15) is 14.7 Å². The maximum absolute atomic E-state index is 13.9. The summed E-state index contributed by atoms with van der Waals surface area (Å²) >= 11 is 2.77. The van der Waals surface area contributed by atoms with Crippen molar-refractivity contribution in [2.75, 3.05) is 11.5 Å². The molecule has 3 aromatic carbocycles. The highest BCUT2D eigenvalue weighted by atomic mass is 32.2. The van der Waals surface area contributed by atoms with E-state index in [1.165, 1.54) is 39.8 Å². The van der Waals surface area contributed by atoms with Crippen molar-refractivity contribution in [3.05, 3.63) is 119 Å².